The maximum Gasteiger partial charge on any atom is 0.0685 e. The summed E-state index contributed by atoms with van der Waals surface area (Å²) in [5, 5.41) is 3.61. The van der Waals surface area contributed by atoms with Crippen LogP contribution in [0.1, 0.15) is 65.7 Å². The second-order valence-electron chi connectivity index (χ2n) is 7.06. The smallest absolute Gasteiger partial charge is 0.0685 e. The molecule has 1 N–H and O–H groups in total. The second-order valence-corrected chi connectivity index (χ2v) is 7.06. The quantitative estimate of drug-likeness (QED) is 0.814. The Labute approximate surface area is 107 Å². The molecule has 1 saturated heterocycles. The number of hydrogen-bond donors (Lipinski definition) is 1. The van der Waals surface area contributed by atoms with Gasteiger partial charge in [0.25, 0.3) is 0 Å². The summed E-state index contributed by atoms with van der Waals surface area (Å²) in [6, 6.07) is 0. The van der Waals surface area contributed by atoms with E-state index in [1.807, 2.05) is 0 Å². The van der Waals surface area contributed by atoms with Crippen molar-refractivity contribution in [3.63, 3.8) is 0 Å². The Bertz CT molecular complexity index is 238. The summed E-state index contributed by atoms with van der Waals surface area (Å²) >= 11 is 0. The lowest BCUT2D eigenvalue weighted by atomic mass is 9.83. The first-order valence-corrected chi connectivity index (χ1v) is 7.38. The van der Waals surface area contributed by atoms with Crippen LogP contribution in [0.4, 0.5) is 0 Å². The molecule has 2 nitrogen and oxygen atoms in total. The number of ether oxygens (including phenoxy) is 1. The topological polar surface area (TPSA) is 21.3 Å². The highest BCUT2D eigenvalue weighted by Crippen LogP contribution is 2.42. The van der Waals surface area contributed by atoms with Gasteiger partial charge in [0.2, 0.25) is 0 Å². The van der Waals surface area contributed by atoms with Gasteiger partial charge in [-0.1, -0.05) is 12.8 Å². The van der Waals surface area contributed by atoms with E-state index in [1.54, 1.807) is 0 Å². The van der Waals surface area contributed by atoms with Crippen molar-refractivity contribution in [2.24, 2.45) is 5.92 Å². The minimum absolute atomic E-state index is 0.260. The fourth-order valence-corrected chi connectivity index (χ4v) is 3.39. The van der Waals surface area contributed by atoms with Crippen LogP contribution in [0.15, 0.2) is 0 Å². The summed E-state index contributed by atoms with van der Waals surface area (Å²) in [4.78, 5) is 0. The molecule has 0 bridgehead atoms. The van der Waals surface area contributed by atoms with Gasteiger partial charge in [0.1, 0.15) is 0 Å². The van der Waals surface area contributed by atoms with E-state index in [2.05, 4.69) is 26.1 Å². The van der Waals surface area contributed by atoms with Gasteiger partial charge >= 0.3 is 0 Å². The van der Waals surface area contributed by atoms with Gasteiger partial charge < -0.3 is 10.1 Å². The monoisotopic (exact) mass is 239 g/mol. The molecule has 0 amide bonds. The van der Waals surface area contributed by atoms with E-state index in [0.717, 1.165) is 19.1 Å². The van der Waals surface area contributed by atoms with Crippen molar-refractivity contribution in [2.75, 3.05) is 13.2 Å². The molecule has 2 aliphatic rings. The zero-order valence-corrected chi connectivity index (χ0v) is 11.8. The van der Waals surface area contributed by atoms with Crippen molar-refractivity contribution >= 4 is 0 Å². The van der Waals surface area contributed by atoms with E-state index in [-0.39, 0.29) is 5.54 Å². The molecule has 1 unspecified atom stereocenters. The van der Waals surface area contributed by atoms with E-state index >= 15 is 0 Å². The van der Waals surface area contributed by atoms with Gasteiger partial charge in [0.05, 0.1) is 5.60 Å². The number of nitrogens with one attached hydrogen (secondary N) is 1. The lowest BCUT2D eigenvalue weighted by Crippen LogP contribution is -2.40. The van der Waals surface area contributed by atoms with Crippen molar-refractivity contribution in [1.29, 1.82) is 0 Å². The summed E-state index contributed by atoms with van der Waals surface area (Å²) in [6.07, 6.45) is 9.31. The third-order valence-electron chi connectivity index (χ3n) is 4.32. The summed E-state index contributed by atoms with van der Waals surface area (Å²) in [5.74, 6) is 0.886. The van der Waals surface area contributed by atoms with Crippen LogP contribution in [-0.4, -0.2) is 24.3 Å². The molecule has 1 heterocycles. The van der Waals surface area contributed by atoms with Gasteiger partial charge in [-0.3, -0.25) is 0 Å². The largest absolute Gasteiger partial charge is 0.375 e. The normalized spacial score (nSPS) is 28.8. The molecule has 1 aliphatic heterocycles. The lowest BCUT2D eigenvalue weighted by Gasteiger charge is -2.38. The van der Waals surface area contributed by atoms with Crippen molar-refractivity contribution in [3.8, 4) is 0 Å². The molecular weight excluding hydrogens is 210 g/mol. The maximum atomic E-state index is 6.08. The molecule has 100 valence electrons. The van der Waals surface area contributed by atoms with Gasteiger partial charge in [-0.2, -0.15) is 0 Å². The Hall–Kier alpha value is -0.0800. The van der Waals surface area contributed by atoms with E-state index in [1.165, 1.54) is 44.9 Å². The van der Waals surface area contributed by atoms with Crippen molar-refractivity contribution in [3.05, 3.63) is 0 Å². The Morgan fingerprint density at radius 3 is 2.59 bits per heavy atom. The molecule has 1 aliphatic carbocycles. The van der Waals surface area contributed by atoms with Crippen LogP contribution in [0.2, 0.25) is 0 Å². The van der Waals surface area contributed by atoms with Crippen molar-refractivity contribution < 1.29 is 4.74 Å². The lowest BCUT2D eigenvalue weighted by molar-refractivity contribution is -0.0935. The molecule has 17 heavy (non-hydrogen) atoms. The zero-order valence-electron chi connectivity index (χ0n) is 11.8. The molecule has 0 radical (unpaired) electrons. The number of rotatable bonds is 3. The highest BCUT2D eigenvalue weighted by molar-refractivity contribution is 4.91. The van der Waals surface area contributed by atoms with Gasteiger partial charge in [0, 0.05) is 12.1 Å². The Balaban J connectivity index is 1.74. The van der Waals surface area contributed by atoms with E-state index in [9.17, 15) is 0 Å². The van der Waals surface area contributed by atoms with Crippen LogP contribution in [0.3, 0.4) is 0 Å². The predicted molar refractivity (Wildman–Crippen MR) is 72.2 cm³/mol. The third-order valence-corrected chi connectivity index (χ3v) is 4.32. The van der Waals surface area contributed by atoms with Crippen LogP contribution < -0.4 is 5.32 Å². The second kappa shape index (κ2) is 5.27. The minimum atomic E-state index is 0.260. The Kier molecular flexibility index (Phi) is 4.14. The first-order valence-electron chi connectivity index (χ1n) is 7.38. The van der Waals surface area contributed by atoms with Crippen LogP contribution in [0.25, 0.3) is 0 Å². The van der Waals surface area contributed by atoms with E-state index < -0.39 is 0 Å². The first kappa shape index (κ1) is 13.4. The van der Waals surface area contributed by atoms with Gasteiger partial charge in [-0.05, 0) is 65.3 Å². The molecule has 0 aromatic heterocycles. The molecule has 1 saturated carbocycles. The third kappa shape index (κ3) is 3.96. The highest BCUT2D eigenvalue weighted by Gasteiger charge is 2.39. The predicted octanol–water partition coefficient (Wildman–Crippen LogP) is 3.50. The Morgan fingerprint density at radius 1 is 1.24 bits per heavy atom. The molecule has 2 rings (SSSR count). The fourth-order valence-electron chi connectivity index (χ4n) is 3.39. The molecule has 0 aromatic rings. The van der Waals surface area contributed by atoms with Gasteiger partial charge in [-0.25, -0.2) is 0 Å². The number of hydrogen-bond acceptors (Lipinski definition) is 2. The zero-order chi connectivity index (χ0) is 12.4. The molecule has 0 aromatic carbocycles. The van der Waals surface area contributed by atoms with Crippen LogP contribution in [-0.2, 0) is 4.74 Å². The average molecular weight is 239 g/mol. The van der Waals surface area contributed by atoms with E-state index in [4.69, 9.17) is 4.74 Å². The van der Waals surface area contributed by atoms with Gasteiger partial charge in [-0.15, -0.1) is 0 Å². The van der Waals surface area contributed by atoms with E-state index in [0.29, 0.717) is 5.60 Å². The maximum absolute atomic E-state index is 6.08. The summed E-state index contributed by atoms with van der Waals surface area (Å²) in [5.41, 5.74) is 0.556. The average Bonchev–Trinajstić information content (AvgIpc) is 2.64. The standard InChI is InChI=1S/C15H29NO/c1-14(2,3)16-10-6-13-7-11-17-15(12-13)8-4-5-9-15/h13,16H,4-12H2,1-3H3. The van der Waals surface area contributed by atoms with Crippen molar-refractivity contribution in [1.82, 2.24) is 5.32 Å². The molecule has 1 atom stereocenters. The molecule has 2 heteroatoms. The summed E-state index contributed by atoms with van der Waals surface area (Å²) < 4.78 is 6.08. The van der Waals surface area contributed by atoms with Gasteiger partial charge in [0.15, 0.2) is 0 Å². The van der Waals surface area contributed by atoms with Crippen LogP contribution >= 0.6 is 0 Å². The molecule has 2 fully saturated rings. The van der Waals surface area contributed by atoms with Crippen LogP contribution in [0.5, 0.6) is 0 Å². The fraction of sp³-hybridized carbons (Fsp3) is 1.00. The highest BCUT2D eigenvalue weighted by atomic mass is 16.5. The molecule has 1 spiro atoms. The van der Waals surface area contributed by atoms with Crippen LogP contribution in [0, 0.1) is 5.92 Å². The summed E-state index contributed by atoms with van der Waals surface area (Å²) in [7, 11) is 0. The molecular formula is C15H29NO. The summed E-state index contributed by atoms with van der Waals surface area (Å²) in [6.45, 7) is 8.89. The van der Waals surface area contributed by atoms with Crippen molar-refractivity contribution in [2.45, 2.75) is 76.9 Å². The first-order chi connectivity index (χ1) is 7.99. The SMILES string of the molecule is CC(C)(C)NCCC1CCOC2(CCCC2)C1. The Morgan fingerprint density at radius 2 is 1.94 bits per heavy atom. The minimum Gasteiger partial charge on any atom is -0.375 e.